The number of nitrogens with one attached hydrogen (secondary N) is 3. The Labute approximate surface area is 138 Å². The zero-order chi connectivity index (χ0) is 16.7. The van der Waals surface area contributed by atoms with E-state index >= 15 is 0 Å². The predicted octanol–water partition coefficient (Wildman–Crippen LogP) is -0.0828. The molecule has 2 amide bonds. The molecule has 2 rings (SSSR count). The Hall–Kier alpha value is -1.88. The van der Waals surface area contributed by atoms with Gasteiger partial charge in [0.05, 0.1) is 7.05 Å². The number of hydrogen-bond donors (Lipinski definition) is 3. The maximum absolute atomic E-state index is 12.0. The third kappa shape index (κ3) is 7.28. The molecule has 1 fully saturated rings. The van der Waals surface area contributed by atoms with Crippen LogP contribution in [-0.4, -0.2) is 44.0 Å². The second-order valence-corrected chi connectivity index (χ2v) is 6.65. The summed E-state index contributed by atoms with van der Waals surface area (Å²) in [7, 11) is 1.88. The lowest BCUT2D eigenvalue weighted by molar-refractivity contribution is -0.862. The fraction of sp³-hybridized carbons (Fsp3) is 0.556. The molecule has 1 aliphatic rings. The molecule has 1 saturated carbocycles. The molecule has 0 aliphatic heterocycles. The summed E-state index contributed by atoms with van der Waals surface area (Å²) in [6.45, 7) is 2.70. The van der Waals surface area contributed by atoms with Gasteiger partial charge in [-0.05, 0) is 38.2 Å². The van der Waals surface area contributed by atoms with E-state index in [1.807, 2.05) is 32.2 Å². The number of carbonyl (C=O) groups excluding carboxylic acids is 2. The smallest absolute Gasteiger partial charge is 0.275 e. The lowest BCUT2D eigenvalue weighted by Crippen LogP contribution is -3.11. The summed E-state index contributed by atoms with van der Waals surface area (Å²) in [6, 6.07) is 10.8. The van der Waals surface area contributed by atoms with E-state index in [0.29, 0.717) is 19.1 Å². The molecular formula is C18H28N3O2+. The van der Waals surface area contributed by atoms with Crippen molar-refractivity contribution in [3.05, 3.63) is 35.9 Å². The van der Waals surface area contributed by atoms with Gasteiger partial charge in [0.2, 0.25) is 0 Å². The van der Waals surface area contributed by atoms with Gasteiger partial charge >= 0.3 is 0 Å². The van der Waals surface area contributed by atoms with Crippen LogP contribution >= 0.6 is 0 Å². The Morgan fingerprint density at radius 2 is 1.83 bits per heavy atom. The molecule has 1 unspecified atom stereocenters. The summed E-state index contributed by atoms with van der Waals surface area (Å²) >= 11 is 0. The van der Waals surface area contributed by atoms with Crippen LogP contribution in [0, 0.1) is 0 Å². The van der Waals surface area contributed by atoms with Crippen LogP contribution in [-0.2, 0) is 16.0 Å². The van der Waals surface area contributed by atoms with Crippen LogP contribution < -0.4 is 15.5 Å². The first kappa shape index (κ1) is 17.5. The number of aryl methyl sites for hydroxylation is 1. The molecule has 126 valence electrons. The number of amides is 2. The average Bonchev–Trinajstić information content (AvgIpc) is 3.29. The molecule has 0 spiro atoms. The standard InChI is InChI=1S/C18H27N3O2/c1-14(8-9-15-6-4-3-5-7-15)19-17(22)12-21(2)13-18(23)20-16-10-11-16/h3-7,14,16H,8-13H2,1-2H3,(H,19,22)(H,20,23)/p+1/t14-/m1/s1. The van der Waals surface area contributed by atoms with Gasteiger partial charge in [0.25, 0.3) is 11.8 Å². The van der Waals surface area contributed by atoms with Crippen molar-refractivity contribution in [2.45, 2.75) is 44.7 Å². The van der Waals surface area contributed by atoms with Crippen molar-refractivity contribution in [1.82, 2.24) is 10.6 Å². The molecule has 0 bridgehead atoms. The Morgan fingerprint density at radius 1 is 1.17 bits per heavy atom. The van der Waals surface area contributed by atoms with Crippen LogP contribution in [0.5, 0.6) is 0 Å². The van der Waals surface area contributed by atoms with Crippen molar-refractivity contribution in [2.24, 2.45) is 0 Å². The minimum atomic E-state index is 0.00211. The van der Waals surface area contributed by atoms with Gasteiger partial charge in [-0.15, -0.1) is 0 Å². The molecule has 0 radical (unpaired) electrons. The van der Waals surface area contributed by atoms with E-state index in [-0.39, 0.29) is 17.9 Å². The van der Waals surface area contributed by atoms with Crippen molar-refractivity contribution in [3.8, 4) is 0 Å². The topological polar surface area (TPSA) is 62.6 Å². The van der Waals surface area contributed by atoms with E-state index in [9.17, 15) is 9.59 Å². The minimum absolute atomic E-state index is 0.00211. The predicted molar refractivity (Wildman–Crippen MR) is 90.2 cm³/mol. The van der Waals surface area contributed by atoms with Crippen molar-refractivity contribution in [3.63, 3.8) is 0 Å². The van der Waals surface area contributed by atoms with Crippen molar-refractivity contribution < 1.29 is 14.5 Å². The first-order valence-corrected chi connectivity index (χ1v) is 8.47. The van der Waals surface area contributed by atoms with E-state index in [0.717, 1.165) is 30.6 Å². The third-order valence-corrected chi connectivity index (χ3v) is 3.98. The Balaban J connectivity index is 1.61. The molecule has 23 heavy (non-hydrogen) atoms. The van der Waals surface area contributed by atoms with Gasteiger partial charge in [0.1, 0.15) is 0 Å². The summed E-state index contributed by atoms with van der Waals surface area (Å²) in [5.41, 5.74) is 1.29. The fourth-order valence-electron chi connectivity index (χ4n) is 2.54. The monoisotopic (exact) mass is 318 g/mol. The first-order valence-electron chi connectivity index (χ1n) is 8.47. The number of likely N-dealkylation sites (N-methyl/N-ethyl adjacent to an activating group) is 1. The van der Waals surface area contributed by atoms with E-state index < -0.39 is 0 Å². The Bertz CT molecular complexity index is 514. The summed E-state index contributed by atoms with van der Waals surface area (Å²) in [5, 5.41) is 5.96. The lowest BCUT2D eigenvalue weighted by atomic mass is 10.1. The number of carbonyl (C=O) groups is 2. The molecule has 5 nitrogen and oxygen atoms in total. The van der Waals surface area contributed by atoms with Gasteiger partial charge in [0, 0.05) is 12.1 Å². The second-order valence-electron chi connectivity index (χ2n) is 6.65. The molecule has 0 heterocycles. The molecule has 1 aromatic rings. The van der Waals surface area contributed by atoms with E-state index in [1.54, 1.807) is 0 Å². The minimum Gasteiger partial charge on any atom is -0.349 e. The van der Waals surface area contributed by atoms with Crippen molar-refractivity contribution in [2.75, 3.05) is 20.1 Å². The zero-order valence-electron chi connectivity index (χ0n) is 14.1. The summed E-state index contributed by atoms with van der Waals surface area (Å²) in [5.74, 6) is 0.0391. The first-order chi connectivity index (χ1) is 11.0. The average molecular weight is 318 g/mol. The maximum atomic E-state index is 12.0. The van der Waals surface area contributed by atoms with Gasteiger partial charge in [-0.1, -0.05) is 30.3 Å². The van der Waals surface area contributed by atoms with Crippen LogP contribution in [0.2, 0.25) is 0 Å². The Morgan fingerprint density at radius 3 is 2.48 bits per heavy atom. The summed E-state index contributed by atoms with van der Waals surface area (Å²) in [4.78, 5) is 24.6. The van der Waals surface area contributed by atoms with Gasteiger partial charge in [-0.25, -0.2) is 0 Å². The fourth-order valence-corrected chi connectivity index (χ4v) is 2.54. The number of benzene rings is 1. The molecule has 1 aliphatic carbocycles. The lowest BCUT2D eigenvalue weighted by Gasteiger charge is -2.17. The highest BCUT2D eigenvalue weighted by molar-refractivity contribution is 5.79. The van der Waals surface area contributed by atoms with Crippen LogP contribution in [0.25, 0.3) is 0 Å². The zero-order valence-corrected chi connectivity index (χ0v) is 14.1. The molecule has 0 saturated heterocycles. The van der Waals surface area contributed by atoms with Gasteiger partial charge in [-0.2, -0.15) is 0 Å². The SMILES string of the molecule is C[C@H](CCc1ccccc1)NC(=O)C[NH+](C)CC(=O)NC1CC1. The van der Waals surface area contributed by atoms with E-state index in [4.69, 9.17) is 0 Å². The van der Waals surface area contributed by atoms with Crippen LogP contribution in [0.1, 0.15) is 31.7 Å². The van der Waals surface area contributed by atoms with Gasteiger partial charge < -0.3 is 15.5 Å². The molecule has 5 heteroatoms. The van der Waals surface area contributed by atoms with Gasteiger partial charge in [-0.3, -0.25) is 9.59 Å². The highest BCUT2D eigenvalue weighted by Crippen LogP contribution is 2.17. The second kappa shape index (κ2) is 8.67. The number of quaternary nitrogens is 1. The Kier molecular flexibility index (Phi) is 6.59. The van der Waals surface area contributed by atoms with E-state index in [1.165, 1.54) is 5.56 Å². The van der Waals surface area contributed by atoms with Crippen LogP contribution in [0.3, 0.4) is 0 Å². The molecule has 1 aromatic carbocycles. The number of hydrogen-bond acceptors (Lipinski definition) is 2. The quantitative estimate of drug-likeness (QED) is 0.596. The van der Waals surface area contributed by atoms with Crippen LogP contribution in [0.4, 0.5) is 0 Å². The molecule has 2 atom stereocenters. The number of rotatable bonds is 9. The maximum Gasteiger partial charge on any atom is 0.275 e. The van der Waals surface area contributed by atoms with Crippen molar-refractivity contribution in [1.29, 1.82) is 0 Å². The van der Waals surface area contributed by atoms with E-state index in [2.05, 4.69) is 22.8 Å². The van der Waals surface area contributed by atoms with Crippen LogP contribution in [0.15, 0.2) is 30.3 Å². The summed E-state index contributed by atoms with van der Waals surface area (Å²) < 4.78 is 0. The molecular weight excluding hydrogens is 290 g/mol. The normalized spacial score (nSPS) is 16.4. The highest BCUT2D eigenvalue weighted by Gasteiger charge is 2.25. The summed E-state index contributed by atoms with van der Waals surface area (Å²) in [6.07, 6.45) is 4.04. The highest BCUT2D eigenvalue weighted by atomic mass is 16.2. The van der Waals surface area contributed by atoms with Gasteiger partial charge in [0.15, 0.2) is 13.1 Å². The molecule has 3 N–H and O–H groups in total. The third-order valence-electron chi connectivity index (χ3n) is 3.98. The largest absolute Gasteiger partial charge is 0.349 e. The van der Waals surface area contributed by atoms with Crippen molar-refractivity contribution >= 4 is 11.8 Å². The molecule has 0 aromatic heterocycles.